The molecule has 5 nitrogen and oxygen atoms in total. The van der Waals surface area contributed by atoms with Crippen molar-refractivity contribution in [3.63, 3.8) is 0 Å². The maximum atomic E-state index is 12.0. The van der Waals surface area contributed by atoms with Crippen LogP contribution in [-0.2, 0) is 10.0 Å². The molecule has 0 amide bonds. The molecular formula is C12H25N3O2S. The number of nitrogens with one attached hydrogen (secondary N) is 2. The van der Waals surface area contributed by atoms with Gasteiger partial charge in [0.15, 0.2) is 0 Å². The van der Waals surface area contributed by atoms with Gasteiger partial charge in [-0.2, -0.15) is 0 Å². The molecule has 2 unspecified atom stereocenters. The van der Waals surface area contributed by atoms with Crippen molar-refractivity contribution in [2.75, 3.05) is 12.3 Å². The maximum absolute atomic E-state index is 12.0. The SMILES string of the molecule is CC1CCCC(C)N1NS(=O)(=O)CCNC1CC1. The maximum Gasteiger partial charge on any atom is 0.225 e. The lowest BCUT2D eigenvalue weighted by molar-refractivity contribution is 0.0790. The first-order chi connectivity index (χ1) is 8.48. The second-order valence-electron chi connectivity index (χ2n) is 5.67. The Morgan fingerprint density at radius 3 is 2.28 bits per heavy atom. The molecule has 1 aliphatic carbocycles. The molecule has 2 rings (SSSR count). The van der Waals surface area contributed by atoms with E-state index in [1.807, 2.05) is 5.01 Å². The van der Waals surface area contributed by atoms with Crippen molar-refractivity contribution in [1.29, 1.82) is 0 Å². The third-order valence-electron chi connectivity index (χ3n) is 3.82. The molecule has 0 aromatic heterocycles. The summed E-state index contributed by atoms with van der Waals surface area (Å²) in [5, 5.41) is 5.15. The van der Waals surface area contributed by atoms with Crippen molar-refractivity contribution in [3.05, 3.63) is 0 Å². The van der Waals surface area contributed by atoms with Crippen molar-refractivity contribution < 1.29 is 8.42 Å². The number of nitrogens with zero attached hydrogens (tertiary/aromatic N) is 1. The Labute approximate surface area is 110 Å². The van der Waals surface area contributed by atoms with Crippen molar-refractivity contribution in [3.8, 4) is 0 Å². The minimum atomic E-state index is -3.20. The Bertz CT molecular complexity index is 358. The average molecular weight is 275 g/mol. The molecule has 2 fully saturated rings. The summed E-state index contributed by atoms with van der Waals surface area (Å²) in [6.45, 7) is 4.72. The first-order valence-corrected chi connectivity index (χ1v) is 8.65. The van der Waals surface area contributed by atoms with Gasteiger partial charge < -0.3 is 5.32 Å². The molecule has 2 aliphatic rings. The van der Waals surface area contributed by atoms with Crippen molar-refractivity contribution in [1.82, 2.24) is 15.2 Å². The van der Waals surface area contributed by atoms with E-state index in [1.54, 1.807) is 0 Å². The standard InChI is InChI=1S/C12H25N3O2S/c1-10-4-3-5-11(2)15(10)14-18(16,17)9-8-13-12-6-7-12/h10-14H,3-9H2,1-2H3. The van der Waals surface area contributed by atoms with Gasteiger partial charge in [-0.25, -0.2) is 13.4 Å². The summed E-state index contributed by atoms with van der Waals surface area (Å²) >= 11 is 0. The molecule has 1 aliphatic heterocycles. The van der Waals surface area contributed by atoms with Gasteiger partial charge in [-0.3, -0.25) is 0 Å². The number of piperidine rings is 1. The monoisotopic (exact) mass is 275 g/mol. The summed E-state index contributed by atoms with van der Waals surface area (Å²) in [5.74, 6) is 0.166. The third kappa shape index (κ3) is 4.19. The van der Waals surface area contributed by atoms with Crippen LogP contribution < -0.4 is 10.1 Å². The second-order valence-corrected chi connectivity index (χ2v) is 7.50. The molecule has 0 bridgehead atoms. The van der Waals surface area contributed by atoms with Crippen LogP contribution in [0.15, 0.2) is 0 Å². The Kier molecular flexibility index (Phi) is 4.64. The van der Waals surface area contributed by atoms with Crippen LogP contribution in [-0.4, -0.2) is 43.8 Å². The topological polar surface area (TPSA) is 61.4 Å². The van der Waals surface area contributed by atoms with Crippen LogP contribution in [0.25, 0.3) is 0 Å². The Morgan fingerprint density at radius 2 is 1.72 bits per heavy atom. The van der Waals surface area contributed by atoms with Crippen LogP contribution in [0, 0.1) is 0 Å². The van der Waals surface area contributed by atoms with Gasteiger partial charge in [0.05, 0.1) is 5.75 Å². The van der Waals surface area contributed by atoms with E-state index in [-0.39, 0.29) is 5.75 Å². The molecule has 18 heavy (non-hydrogen) atoms. The molecule has 2 atom stereocenters. The van der Waals surface area contributed by atoms with E-state index >= 15 is 0 Å². The zero-order valence-corrected chi connectivity index (χ0v) is 12.2. The Morgan fingerprint density at radius 1 is 1.11 bits per heavy atom. The fourth-order valence-corrected chi connectivity index (χ4v) is 3.65. The number of hydrogen-bond donors (Lipinski definition) is 2. The zero-order chi connectivity index (χ0) is 13.2. The second kappa shape index (κ2) is 5.86. The summed E-state index contributed by atoms with van der Waals surface area (Å²) in [5.41, 5.74) is 0. The molecule has 1 saturated heterocycles. The van der Waals surface area contributed by atoms with E-state index in [1.165, 1.54) is 19.3 Å². The molecule has 6 heteroatoms. The number of hydrogen-bond acceptors (Lipinski definition) is 4. The van der Waals surface area contributed by atoms with Gasteiger partial charge in [0.2, 0.25) is 10.0 Å². The van der Waals surface area contributed by atoms with Crippen LogP contribution >= 0.6 is 0 Å². The Balaban J connectivity index is 1.81. The van der Waals surface area contributed by atoms with E-state index in [9.17, 15) is 8.42 Å². The quantitative estimate of drug-likeness (QED) is 0.754. The highest BCUT2D eigenvalue weighted by Crippen LogP contribution is 2.21. The Hall–Kier alpha value is -0.170. The van der Waals surface area contributed by atoms with Gasteiger partial charge in [0.25, 0.3) is 0 Å². The van der Waals surface area contributed by atoms with E-state index < -0.39 is 10.0 Å². The first kappa shape index (κ1) is 14.2. The minimum absolute atomic E-state index is 0.166. The summed E-state index contributed by atoms with van der Waals surface area (Å²) in [6.07, 6.45) is 5.69. The largest absolute Gasteiger partial charge is 0.313 e. The van der Waals surface area contributed by atoms with Crippen LogP contribution in [0.4, 0.5) is 0 Å². The summed E-state index contributed by atoms with van der Waals surface area (Å²) in [7, 11) is -3.20. The molecule has 106 valence electrons. The zero-order valence-electron chi connectivity index (χ0n) is 11.4. The van der Waals surface area contributed by atoms with Gasteiger partial charge in [0, 0.05) is 24.7 Å². The van der Waals surface area contributed by atoms with E-state index in [2.05, 4.69) is 24.0 Å². The fraction of sp³-hybridized carbons (Fsp3) is 1.00. The normalized spacial score (nSPS) is 30.6. The fourth-order valence-electron chi connectivity index (χ4n) is 2.49. The molecule has 0 aromatic rings. The number of rotatable bonds is 6. The van der Waals surface area contributed by atoms with Crippen molar-refractivity contribution >= 4 is 10.0 Å². The first-order valence-electron chi connectivity index (χ1n) is 7.00. The van der Waals surface area contributed by atoms with Crippen LogP contribution in [0.5, 0.6) is 0 Å². The smallest absolute Gasteiger partial charge is 0.225 e. The highest BCUT2D eigenvalue weighted by molar-refractivity contribution is 7.89. The summed E-state index contributed by atoms with van der Waals surface area (Å²) in [4.78, 5) is 2.75. The molecule has 0 spiro atoms. The van der Waals surface area contributed by atoms with Gasteiger partial charge in [-0.1, -0.05) is 6.42 Å². The molecule has 2 N–H and O–H groups in total. The summed E-state index contributed by atoms with van der Waals surface area (Å²) in [6, 6.07) is 1.15. The van der Waals surface area contributed by atoms with Gasteiger partial charge in [-0.15, -0.1) is 4.83 Å². The van der Waals surface area contributed by atoms with Gasteiger partial charge in [0.1, 0.15) is 0 Å². The molecule has 0 radical (unpaired) electrons. The van der Waals surface area contributed by atoms with Crippen LogP contribution in [0.3, 0.4) is 0 Å². The van der Waals surface area contributed by atoms with Gasteiger partial charge in [-0.05, 0) is 39.5 Å². The van der Waals surface area contributed by atoms with Crippen molar-refractivity contribution in [2.45, 2.75) is 64.1 Å². The lowest BCUT2D eigenvalue weighted by atomic mass is 10.0. The summed E-state index contributed by atoms with van der Waals surface area (Å²) < 4.78 is 24.0. The molecule has 1 saturated carbocycles. The van der Waals surface area contributed by atoms with E-state index in [4.69, 9.17) is 0 Å². The van der Waals surface area contributed by atoms with Crippen LogP contribution in [0.1, 0.15) is 46.0 Å². The minimum Gasteiger partial charge on any atom is -0.313 e. The predicted octanol–water partition coefficient (Wildman–Crippen LogP) is 0.836. The van der Waals surface area contributed by atoms with Crippen molar-refractivity contribution in [2.24, 2.45) is 0 Å². The molecule has 1 heterocycles. The van der Waals surface area contributed by atoms with Crippen LogP contribution in [0.2, 0.25) is 0 Å². The lowest BCUT2D eigenvalue weighted by Gasteiger charge is -2.38. The highest BCUT2D eigenvalue weighted by atomic mass is 32.2. The predicted molar refractivity (Wildman–Crippen MR) is 72.6 cm³/mol. The number of hydrazine groups is 1. The highest BCUT2D eigenvalue weighted by Gasteiger charge is 2.28. The number of sulfonamides is 1. The van der Waals surface area contributed by atoms with E-state index in [0.29, 0.717) is 24.7 Å². The third-order valence-corrected chi connectivity index (χ3v) is 5.05. The molecule has 0 aromatic carbocycles. The van der Waals surface area contributed by atoms with Gasteiger partial charge >= 0.3 is 0 Å². The van der Waals surface area contributed by atoms with E-state index in [0.717, 1.165) is 12.8 Å². The lowest BCUT2D eigenvalue weighted by Crippen LogP contribution is -2.54. The molecular weight excluding hydrogens is 250 g/mol. The average Bonchev–Trinajstić information content (AvgIpc) is 3.07.